The Balaban J connectivity index is 1.92. The molecule has 0 heterocycles. The van der Waals surface area contributed by atoms with Gasteiger partial charge in [0.25, 0.3) is 0 Å². The van der Waals surface area contributed by atoms with E-state index >= 15 is 0 Å². The van der Waals surface area contributed by atoms with Crippen LogP contribution in [-0.4, -0.2) is 0 Å². The van der Waals surface area contributed by atoms with Gasteiger partial charge in [-0.2, -0.15) is 0 Å². The maximum Gasteiger partial charge on any atom is 0.131 e. The van der Waals surface area contributed by atoms with E-state index in [2.05, 4.69) is 13.5 Å². The zero-order valence-electron chi connectivity index (χ0n) is 14.1. The van der Waals surface area contributed by atoms with E-state index in [-0.39, 0.29) is 5.82 Å². The lowest BCUT2D eigenvalue weighted by Gasteiger charge is -2.09. The van der Waals surface area contributed by atoms with Crippen LogP contribution < -0.4 is 0 Å². The predicted octanol–water partition coefficient (Wildman–Crippen LogP) is 6.89. The zero-order valence-corrected chi connectivity index (χ0v) is 14.1. The molecule has 0 spiro atoms. The molecule has 0 saturated carbocycles. The Labute approximate surface area is 143 Å². The van der Waals surface area contributed by atoms with Crippen molar-refractivity contribution in [3.8, 4) is 22.3 Å². The molecule has 0 aliphatic carbocycles. The zero-order chi connectivity index (χ0) is 17.1. The molecule has 0 unspecified atom stereocenters. The number of aryl methyl sites for hydroxylation is 1. The maximum atomic E-state index is 14.6. The molecule has 0 radical (unpaired) electrons. The summed E-state index contributed by atoms with van der Waals surface area (Å²) >= 11 is 0. The summed E-state index contributed by atoms with van der Waals surface area (Å²) in [7, 11) is 0. The van der Waals surface area contributed by atoms with Gasteiger partial charge in [0.1, 0.15) is 5.82 Å². The molecule has 0 saturated heterocycles. The first-order valence-corrected chi connectivity index (χ1v) is 8.23. The van der Waals surface area contributed by atoms with Gasteiger partial charge in [-0.3, -0.25) is 0 Å². The van der Waals surface area contributed by atoms with Crippen LogP contribution in [0.2, 0.25) is 0 Å². The predicted molar refractivity (Wildman–Crippen MR) is 101 cm³/mol. The van der Waals surface area contributed by atoms with Crippen LogP contribution in [0.1, 0.15) is 24.5 Å². The highest BCUT2D eigenvalue weighted by molar-refractivity contribution is 5.73. The first-order valence-electron chi connectivity index (χ1n) is 8.23. The molecule has 0 aromatic heterocycles. The highest BCUT2D eigenvalue weighted by Crippen LogP contribution is 2.29. The molecule has 24 heavy (non-hydrogen) atoms. The van der Waals surface area contributed by atoms with Gasteiger partial charge in [0.15, 0.2) is 0 Å². The standard InChI is InChI=1S/C23H21F/c1-4-17(3)18-9-11-19(12-10-18)21-13-14-22(23(24)15-21)20-7-5-16(2)6-8-20/h5-15H,3-4H2,1-2H3. The van der Waals surface area contributed by atoms with Crippen molar-refractivity contribution in [3.63, 3.8) is 0 Å². The van der Waals surface area contributed by atoms with Crippen molar-refractivity contribution in [2.24, 2.45) is 0 Å². The Hall–Kier alpha value is -2.67. The number of hydrogen-bond acceptors (Lipinski definition) is 0. The molecule has 3 aromatic carbocycles. The molecule has 0 amide bonds. The van der Waals surface area contributed by atoms with Gasteiger partial charge in [-0.05, 0) is 47.2 Å². The van der Waals surface area contributed by atoms with Gasteiger partial charge in [-0.15, -0.1) is 0 Å². The minimum absolute atomic E-state index is 0.196. The monoisotopic (exact) mass is 316 g/mol. The summed E-state index contributed by atoms with van der Waals surface area (Å²) in [5, 5.41) is 0. The van der Waals surface area contributed by atoms with E-state index in [4.69, 9.17) is 0 Å². The Morgan fingerprint density at radius 3 is 2.00 bits per heavy atom. The van der Waals surface area contributed by atoms with E-state index in [0.717, 1.165) is 34.2 Å². The van der Waals surface area contributed by atoms with E-state index < -0.39 is 0 Å². The quantitative estimate of drug-likeness (QED) is 0.491. The van der Waals surface area contributed by atoms with Gasteiger partial charge in [0.05, 0.1) is 0 Å². The van der Waals surface area contributed by atoms with Crippen molar-refractivity contribution in [1.82, 2.24) is 0 Å². The summed E-state index contributed by atoms with van der Waals surface area (Å²) in [5.74, 6) is -0.196. The molecular weight excluding hydrogens is 295 g/mol. The van der Waals surface area contributed by atoms with Crippen LogP contribution in [0.3, 0.4) is 0 Å². The first-order chi connectivity index (χ1) is 11.6. The minimum Gasteiger partial charge on any atom is -0.206 e. The Morgan fingerprint density at radius 2 is 1.42 bits per heavy atom. The number of benzene rings is 3. The van der Waals surface area contributed by atoms with Gasteiger partial charge in [-0.25, -0.2) is 4.39 Å². The lowest BCUT2D eigenvalue weighted by molar-refractivity contribution is 0.632. The van der Waals surface area contributed by atoms with Crippen molar-refractivity contribution >= 4 is 5.57 Å². The fraction of sp³-hybridized carbons (Fsp3) is 0.130. The third-order valence-corrected chi connectivity index (χ3v) is 4.38. The summed E-state index contributed by atoms with van der Waals surface area (Å²) in [5.41, 5.74) is 6.85. The van der Waals surface area contributed by atoms with Gasteiger partial charge in [0, 0.05) is 5.56 Å². The highest BCUT2D eigenvalue weighted by Gasteiger charge is 2.08. The Kier molecular flexibility index (Phi) is 4.61. The van der Waals surface area contributed by atoms with Crippen molar-refractivity contribution in [2.75, 3.05) is 0 Å². The second kappa shape index (κ2) is 6.84. The van der Waals surface area contributed by atoms with Crippen molar-refractivity contribution < 1.29 is 4.39 Å². The largest absolute Gasteiger partial charge is 0.206 e. The van der Waals surface area contributed by atoms with Crippen LogP contribution >= 0.6 is 0 Å². The van der Waals surface area contributed by atoms with Gasteiger partial charge < -0.3 is 0 Å². The smallest absolute Gasteiger partial charge is 0.131 e. The molecule has 120 valence electrons. The van der Waals surface area contributed by atoms with E-state index in [1.54, 1.807) is 6.07 Å². The topological polar surface area (TPSA) is 0 Å². The average Bonchev–Trinajstić information content (AvgIpc) is 2.62. The molecule has 0 nitrogen and oxygen atoms in total. The maximum absolute atomic E-state index is 14.6. The molecule has 3 aromatic rings. The third kappa shape index (κ3) is 3.30. The van der Waals surface area contributed by atoms with Crippen LogP contribution in [0.5, 0.6) is 0 Å². The Morgan fingerprint density at radius 1 is 0.833 bits per heavy atom. The lowest BCUT2D eigenvalue weighted by atomic mass is 9.97. The Bertz CT molecular complexity index is 856. The molecule has 0 atom stereocenters. The number of halogens is 1. The summed E-state index contributed by atoms with van der Waals surface area (Å²) in [6.07, 6.45) is 0.930. The van der Waals surface area contributed by atoms with E-state index in [9.17, 15) is 4.39 Å². The molecule has 0 aliphatic rings. The minimum atomic E-state index is -0.196. The molecule has 0 bridgehead atoms. The van der Waals surface area contributed by atoms with Crippen molar-refractivity contribution in [1.29, 1.82) is 0 Å². The summed E-state index contributed by atoms with van der Waals surface area (Å²) in [6.45, 7) is 8.17. The molecule has 1 heteroatoms. The van der Waals surface area contributed by atoms with Crippen LogP contribution in [0.4, 0.5) is 4.39 Å². The van der Waals surface area contributed by atoms with Gasteiger partial charge in [-0.1, -0.05) is 79.7 Å². The average molecular weight is 316 g/mol. The van der Waals surface area contributed by atoms with Crippen molar-refractivity contribution in [3.05, 3.63) is 90.3 Å². The SMILES string of the molecule is C=C(CC)c1ccc(-c2ccc(-c3ccc(C)cc3)c(F)c2)cc1. The number of allylic oxidation sites excluding steroid dienone is 1. The van der Waals surface area contributed by atoms with E-state index in [0.29, 0.717) is 5.56 Å². The third-order valence-electron chi connectivity index (χ3n) is 4.38. The number of hydrogen-bond donors (Lipinski definition) is 0. The molecular formula is C23H21F. The normalized spacial score (nSPS) is 10.6. The summed E-state index contributed by atoms with van der Waals surface area (Å²) < 4.78 is 14.6. The molecule has 0 N–H and O–H groups in total. The highest BCUT2D eigenvalue weighted by atomic mass is 19.1. The second-order valence-electron chi connectivity index (χ2n) is 6.10. The van der Waals surface area contributed by atoms with Crippen LogP contribution in [0, 0.1) is 12.7 Å². The fourth-order valence-corrected chi connectivity index (χ4v) is 2.76. The number of rotatable bonds is 4. The fourth-order valence-electron chi connectivity index (χ4n) is 2.76. The van der Waals surface area contributed by atoms with Crippen LogP contribution in [0.15, 0.2) is 73.3 Å². The van der Waals surface area contributed by atoms with Crippen molar-refractivity contribution in [2.45, 2.75) is 20.3 Å². The first kappa shape index (κ1) is 16.2. The molecule has 0 aliphatic heterocycles. The summed E-state index contributed by atoms with van der Waals surface area (Å²) in [6, 6.07) is 21.5. The molecule has 3 rings (SSSR count). The van der Waals surface area contributed by atoms with E-state index in [1.165, 1.54) is 5.56 Å². The van der Waals surface area contributed by atoms with Crippen LogP contribution in [0.25, 0.3) is 27.8 Å². The van der Waals surface area contributed by atoms with E-state index in [1.807, 2.05) is 67.6 Å². The lowest BCUT2D eigenvalue weighted by Crippen LogP contribution is -1.88. The summed E-state index contributed by atoms with van der Waals surface area (Å²) in [4.78, 5) is 0. The van der Waals surface area contributed by atoms with Gasteiger partial charge in [0.2, 0.25) is 0 Å². The van der Waals surface area contributed by atoms with Gasteiger partial charge >= 0.3 is 0 Å². The molecule has 0 fully saturated rings. The second-order valence-corrected chi connectivity index (χ2v) is 6.10. The van der Waals surface area contributed by atoms with Crippen LogP contribution in [-0.2, 0) is 0 Å².